The molecule has 53 heavy (non-hydrogen) atoms. The molecule has 2 bridgehead atoms. The average molecular weight is 694 g/mol. The Hall–Kier alpha value is -4.10. The molecule has 268 valence electrons. The number of fused-ring (bicyclic) bond motifs is 9. The first-order valence-corrected chi connectivity index (χ1v) is 20.7. The predicted octanol–water partition coefficient (Wildman–Crippen LogP) is 13.8. The zero-order chi connectivity index (χ0) is 36.3. The number of nitrogens with zero attached hydrogens (tertiary/aromatic N) is 1. The first-order chi connectivity index (χ1) is 25.3. The van der Waals surface area contributed by atoms with Crippen LogP contribution in [0.3, 0.4) is 0 Å². The summed E-state index contributed by atoms with van der Waals surface area (Å²) in [5.41, 5.74) is 18.4. The summed E-state index contributed by atoms with van der Waals surface area (Å²) in [6.07, 6.45) is 8.32. The lowest BCUT2D eigenvalue weighted by Crippen LogP contribution is -2.73. The lowest BCUT2D eigenvalue weighted by molar-refractivity contribution is -0.231. The van der Waals surface area contributed by atoms with Crippen molar-refractivity contribution in [3.8, 4) is 22.3 Å². The SMILES string of the molecule is CC(C)(C)c1ccc(N(c2ccc(-c3cccc4c3C(C)(C)CCC4(C)C)cc2)c2ccc3c(c2)C2(c4ccccc4-3)C3CC4CC5CC2C53C4)cc1. The van der Waals surface area contributed by atoms with Gasteiger partial charge in [-0.2, -0.15) is 0 Å². The highest BCUT2D eigenvalue weighted by Crippen LogP contribution is 2.89. The first kappa shape index (κ1) is 32.3. The summed E-state index contributed by atoms with van der Waals surface area (Å²) in [4.78, 5) is 2.54. The molecular weight excluding hydrogens is 639 g/mol. The molecule has 2 spiro atoms. The second-order valence-electron chi connectivity index (χ2n) is 20.5. The van der Waals surface area contributed by atoms with E-state index in [0.717, 1.165) is 23.7 Å². The third-order valence-electron chi connectivity index (χ3n) is 16.1. The average Bonchev–Trinajstić information content (AvgIpc) is 3.77. The summed E-state index contributed by atoms with van der Waals surface area (Å²) in [7, 11) is 0. The van der Waals surface area contributed by atoms with Gasteiger partial charge in [0, 0.05) is 22.5 Å². The smallest absolute Gasteiger partial charge is 0.0465 e. The van der Waals surface area contributed by atoms with E-state index in [2.05, 4.69) is 163 Å². The number of anilines is 3. The molecule has 0 radical (unpaired) electrons. The highest BCUT2D eigenvalue weighted by molar-refractivity contribution is 5.88. The third-order valence-corrected chi connectivity index (χ3v) is 16.1. The molecule has 0 aromatic heterocycles. The fourth-order valence-corrected chi connectivity index (χ4v) is 13.8. The van der Waals surface area contributed by atoms with Gasteiger partial charge in [0.2, 0.25) is 0 Å². The molecule has 1 heteroatoms. The van der Waals surface area contributed by atoms with Gasteiger partial charge in [-0.1, -0.05) is 121 Å². The zero-order valence-corrected chi connectivity index (χ0v) is 32.9. The van der Waals surface area contributed by atoms with Crippen molar-refractivity contribution in [3.05, 3.63) is 137 Å². The number of rotatable bonds is 4. The Bertz CT molecular complexity index is 2320. The van der Waals surface area contributed by atoms with Crippen molar-refractivity contribution in [1.29, 1.82) is 0 Å². The molecule has 6 aliphatic carbocycles. The summed E-state index contributed by atoms with van der Waals surface area (Å²) in [6.45, 7) is 16.7. The summed E-state index contributed by atoms with van der Waals surface area (Å²) < 4.78 is 0. The third kappa shape index (κ3) is 4.05. The van der Waals surface area contributed by atoms with E-state index in [-0.39, 0.29) is 21.7 Å². The molecule has 5 aromatic rings. The van der Waals surface area contributed by atoms with Gasteiger partial charge in [0.1, 0.15) is 0 Å². The largest absolute Gasteiger partial charge is 0.310 e. The van der Waals surface area contributed by atoms with Crippen LogP contribution in [-0.4, -0.2) is 0 Å². The van der Waals surface area contributed by atoms with E-state index in [1.54, 1.807) is 16.7 Å². The van der Waals surface area contributed by atoms with Crippen LogP contribution in [0.1, 0.15) is 115 Å². The van der Waals surface area contributed by atoms with Crippen LogP contribution >= 0.6 is 0 Å². The molecule has 6 aliphatic rings. The Morgan fingerprint density at radius 2 is 1.19 bits per heavy atom. The van der Waals surface area contributed by atoms with E-state index in [1.165, 1.54) is 89.0 Å². The van der Waals surface area contributed by atoms with E-state index in [4.69, 9.17) is 0 Å². The van der Waals surface area contributed by atoms with Crippen LogP contribution in [0.15, 0.2) is 109 Å². The van der Waals surface area contributed by atoms with E-state index in [1.807, 2.05) is 0 Å². The van der Waals surface area contributed by atoms with E-state index < -0.39 is 0 Å². The molecule has 0 saturated heterocycles. The molecule has 0 amide bonds. The minimum atomic E-state index is 0.107. The van der Waals surface area contributed by atoms with Crippen LogP contribution in [0, 0.1) is 29.1 Å². The maximum Gasteiger partial charge on any atom is 0.0465 e. The summed E-state index contributed by atoms with van der Waals surface area (Å²) >= 11 is 0. The molecule has 5 aromatic carbocycles. The van der Waals surface area contributed by atoms with Gasteiger partial charge in [0.15, 0.2) is 0 Å². The second-order valence-corrected chi connectivity index (χ2v) is 20.5. The lowest BCUT2D eigenvalue weighted by atomic mass is 9.27. The highest BCUT2D eigenvalue weighted by atomic mass is 15.1. The molecule has 4 saturated carbocycles. The van der Waals surface area contributed by atoms with Crippen molar-refractivity contribution in [2.24, 2.45) is 29.1 Å². The summed E-state index contributed by atoms with van der Waals surface area (Å²) in [6, 6.07) is 43.1. The summed E-state index contributed by atoms with van der Waals surface area (Å²) in [5.74, 6) is 3.56. The molecule has 6 unspecified atom stereocenters. The van der Waals surface area contributed by atoms with Crippen LogP contribution in [0.25, 0.3) is 22.3 Å². The van der Waals surface area contributed by atoms with Crippen molar-refractivity contribution in [1.82, 2.24) is 0 Å². The van der Waals surface area contributed by atoms with Crippen molar-refractivity contribution in [3.63, 3.8) is 0 Å². The minimum absolute atomic E-state index is 0.107. The van der Waals surface area contributed by atoms with E-state index in [9.17, 15) is 0 Å². The normalized spacial score (nSPS) is 30.2. The maximum atomic E-state index is 2.64. The maximum absolute atomic E-state index is 2.64. The zero-order valence-electron chi connectivity index (χ0n) is 32.9. The van der Waals surface area contributed by atoms with Gasteiger partial charge in [-0.25, -0.2) is 0 Å². The molecule has 11 rings (SSSR count). The van der Waals surface area contributed by atoms with Crippen LogP contribution in [-0.2, 0) is 21.7 Å². The Balaban J connectivity index is 1.05. The fraction of sp³-hybridized carbons (Fsp3) is 0.423. The second kappa shape index (κ2) is 10.3. The van der Waals surface area contributed by atoms with Crippen molar-refractivity contribution < 1.29 is 0 Å². The Morgan fingerprint density at radius 1 is 0.566 bits per heavy atom. The standard InChI is InChI=1S/C52H55N/c1-48(2,3)34-17-21-37(22-18-34)53(36-19-15-33(16-20-36)39-12-10-14-43-47(39)50(6,7)26-25-49(43,4)5)38-23-24-41-40-11-8-9-13-42(40)52(44(41)30-38)45-28-32-27-35-29-46(52)51(35,45)31-32/h8-24,30,32,35,45-46H,25-29,31H2,1-7H3. The van der Waals surface area contributed by atoms with Crippen molar-refractivity contribution >= 4 is 17.1 Å². The lowest BCUT2D eigenvalue weighted by Gasteiger charge is -2.76. The van der Waals surface area contributed by atoms with Crippen LogP contribution in [0.5, 0.6) is 0 Å². The fourth-order valence-electron chi connectivity index (χ4n) is 13.8. The Labute approximate surface area is 317 Å². The first-order valence-electron chi connectivity index (χ1n) is 20.7. The number of hydrogen-bond donors (Lipinski definition) is 0. The molecule has 1 nitrogen and oxygen atoms in total. The molecule has 4 fully saturated rings. The molecular formula is C52H55N. The molecule has 0 aliphatic heterocycles. The minimum Gasteiger partial charge on any atom is -0.310 e. The Morgan fingerprint density at radius 3 is 1.92 bits per heavy atom. The van der Waals surface area contributed by atoms with Crippen molar-refractivity contribution in [2.45, 2.75) is 109 Å². The van der Waals surface area contributed by atoms with Crippen LogP contribution in [0.2, 0.25) is 0 Å². The van der Waals surface area contributed by atoms with Gasteiger partial charge in [0.25, 0.3) is 0 Å². The van der Waals surface area contributed by atoms with Crippen molar-refractivity contribution in [2.75, 3.05) is 4.90 Å². The quantitative estimate of drug-likeness (QED) is 0.181. The van der Waals surface area contributed by atoms with Crippen LogP contribution < -0.4 is 4.90 Å². The van der Waals surface area contributed by atoms with Gasteiger partial charge >= 0.3 is 0 Å². The van der Waals surface area contributed by atoms with Gasteiger partial charge < -0.3 is 4.90 Å². The number of benzene rings is 5. The van der Waals surface area contributed by atoms with E-state index >= 15 is 0 Å². The number of hydrogen-bond acceptors (Lipinski definition) is 1. The van der Waals surface area contributed by atoms with Gasteiger partial charge in [-0.15, -0.1) is 0 Å². The predicted molar refractivity (Wildman–Crippen MR) is 222 cm³/mol. The molecule has 0 N–H and O–H groups in total. The Kier molecular flexibility index (Phi) is 6.31. The van der Waals surface area contributed by atoms with Gasteiger partial charge in [-0.05, 0) is 170 Å². The molecule has 6 atom stereocenters. The van der Waals surface area contributed by atoms with Gasteiger partial charge in [0.05, 0.1) is 0 Å². The molecule has 0 heterocycles. The summed E-state index contributed by atoms with van der Waals surface area (Å²) in [5, 5.41) is 0. The topological polar surface area (TPSA) is 3.24 Å². The van der Waals surface area contributed by atoms with E-state index in [0.29, 0.717) is 5.41 Å². The monoisotopic (exact) mass is 693 g/mol. The highest BCUT2D eigenvalue weighted by Gasteiger charge is 2.84. The van der Waals surface area contributed by atoms with Gasteiger partial charge in [-0.3, -0.25) is 0 Å². The van der Waals surface area contributed by atoms with Crippen LogP contribution in [0.4, 0.5) is 17.1 Å².